The molecule has 25 heavy (non-hydrogen) atoms. The van der Waals surface area contributed by atoms with Crippen LogP contribution in [0, 0.1) is 5.92 Å². The fraction of sp³-hybridized carbons (Fsp3) is 0.300. The molecule has 1 aliphatic heterocycles. The second-order valence-electron chi connectivity index (χ2n) is 6.13. The van der Waals surface area contributed by atoms with Crippen LogP contribution in [-0.2, 0) is 14.4 Å². The fourth-order valence-electron chi connectivity index (χ4n) is 2.85. The van der Waals surface area contributed by atoms with Gasteiger partial charge in [0.1, 0.15) is 0 Å². The highest BCUT2D eigenvalue weighted by atomic mass is 16.8. The van der Waals surface area contributed by atoms with Crippen LogP contribution in [0.5, 0.6) is 0 Å². The van der Waals surface area contributed by atoms with E-state index in [2.05, 4.69) is 0 Å². The van der Waals surface area contributed by atoms with Crippen molar-refractivity contribution in [3.63, 3.8) is 0 Å². The summed E-state index contributed by atoms with van der Waals surface area (Å²) in [5.41, 5.74) is 1.19. The van der Waals surface area contributed by atoms with Gasteiger partial charge in [-0.3, -0.25) is 4.79 Å². The molecule has 0 radical (unpaired) electrons. The van der Waals surface area contributed by atoms with E-state index in [-0.39, 0.29) is 11.9 Å². The van der Waals surface area contributed by atoms with Gasteiger partial charge in [0.05, 0.1) is 5.56 Å². The highest BCUT2D eigenvalue weighted by Crippen LogP contribution is 2.36. The number of benzene rings is 2. The summed E-state index contributed by atoms with van der Waals surface area (Å²) in [5, 5.41) is 1.40. The quantitative estimate of drug-likeness (QED) is 0.777. The van der Waals surface area contributed by atoms with Crippen molar-refractivity contribution in [3.05, 3.63) is 71.8 Å². The van der Waals surface area contributed by atoms with E-state index in [1.165, 1.54) is 5.06 Å². The molecule has 1 aliphatic rings. The molecular formula is C20H21NO4. The fourth-order valence-corrected chi connectivity index (χ4v) is 2.85. The lowest BCUT2D eigenvalue weighted by atomic mass is 9.99. The van der Waals surface area contributed by atoms with Gasteiger partial charge in [-0.1, -0.05) is 73.9 Å². The summed E-state index contributed by atoms with van der Waals surface area (Å²) in [6.45, 7) is 3.94. The van der Waals surface area contributed by atoms with E-state index in [4.69, 9.17) is 9.57 Å². The number of carbonyl (C=O) groups excluding carboxylic acids is 2. The molecule has 1 fully saturated rings. The molecule has 0 aromatic heterocycles. The van der Waals surface area contributed by atoms with Gasteiger partial charge in [0.15, 0.2) is 6.04 Å². The maximum atomic E-state index is 12.5. The van der Waals surface area contributed by atoms with Crippen LogP contribution in [-0.4, -0.2) is 23.0 Å². The number of hydrogen-bond donors (Lipinski definition) is 0. The third-order valence-corrected chi connectivity index (χ3v) is 4.44. The second kappa shape index (κ2) is 7.49. The first-order valence-corrected chi connectivity index (χ1v) is 8.43. The SMILES string of the molecule is CCC(C)C1C(=O)OC(c2ccccc2)N1OC(=O)c1ccccc1. The molecule has 5 nitrogen and oxygen atoms in total. The number of ether oxygens (including phenoxy) is 1. The van der Waals surface area contributed by atoms with Gasteiger partial charge in [0, 0.05) is 5.56 Å². The smallest absolute Gasteiger partial charge is 0.357 e. The number of carbonyl (C=O) groups is 2. The number of nitrogens with zero attached hydrogens (tertiary/aromatic N) is 1. The van der Waals surface area contributed by atoms with Crippen molar-refractivity contribution in [3.8, 4) is 0 Å². The number of esters is 1. The molecule has 2 aromatic carbocycles. The zero-order chi connectivity index (χ0) is 17.8. The maximum absolute atomic E-state index is 12.5. The summed E-state index contributed by atoms with van der Waals surface area (Å²) >= 11 is 0. The molecule has 0 N–H and O–H groups in total. The summed E-state index contributed by atoms with van der Waals surface area (Å²) in [5.74, 6) is -0.887. The van der Waals surface area contributed by atoms with Gasteiger partial charge in [0.25, 0.3) is 0 Å². The second-order valence-corrected chi connectivity index (χ2v) is 6.13. The molecule has 3 unspecified atom stereocenters. The molecule has 3 rings (SSSR count). The van der Waals surface area contributed by atoms with E-state index in [1.54, 1.807) is 24.3 Å². The number of rotatable bonds is 5. The normalized spacial score (nSPS) is 21.6. The minimum Gasteiger partial charge on any atom is -0.438 e. The van der Waals surface area contributed by atoms with Crippen molar-refractivity contribution in [1.29, 1.82) is 0 Å². The Kier molecular flexibility index (Phi) is 5.14. The van der Waals surface area contributed by atoms with Gasteiger partial charge < -0.3 is 9.57 Å². The maximum Gasteiger partial charge on any atom is 0.357 e. The van der Waals surface area contributed by atoms with Crippen molar-refractivity contribution in [2.75, 3.05) is 0 Å². The molecule has 1 saturated heterocycles. The average molecular weight is 339 g/mol. The molecule has 1 heterocycles. The summed E-state index contributed by atoms with van der Waals surface area (Å²) in [6.07, 6.45) is 0.0288. The van der Waals surface area contributed by atoms with Crippen LogP contribution in [0.15, 0.2) is 60.7 Å². The van der Waals surface area contributed by atoms with E-state index >= 15 is 0 Å². The first kappa shape index (κ1) is 17.2. The van der Waals surface area contributed by atoms with Crippen LogP contribution in [0.4, 0.5) is 0 Å². The Morgan fingerprint density at radius 1 is 1.12 bits per heavy atom. The van der Waals surface area contributed by atoms with Crippen LogP contribution >= 0.6 is 0 Å². The first-order valence-electron chi connectivity index (χ1n) is 8.43. The van der Waals surface area contributed by atoms with Gasteiger partial charge in [0.2, 0.25) is 6.23 Å². The van der Waals surface area contributed by atoms with E-state index in [0.717, 1.165) is 12.0 Å². The van der Waals surface area contributed by atoms with Crippen LogP contribution in [0.1, 0.15) is 42.4 Å². The van der Waals surface area contributed by atoms with Crippen molar-refractivity contribution < 1.29 is 19.2 Å². The Hall–Kier alpha value is -2.66. The monoisotopic (exact) mass is 339 g/mol. The predicted molar refractivity (Wildman–Crippen MR) is 92.2 cm³/mol. The van der Waals surface area contributed by atoms with Gasteiger partial charge in [-0.25, -0.2) is 4.79 Å². The lowest BCUT2D eigenvalue weighted by Crippen LogP contribution is -2.40. The average Bonchev–Trinajstić information content (AvgIpc) is 2.98. The molecule has 3 atom stereocenters. The predicted octanol–water partition coefficient (Wildman–Crippen LogP) is 3.73. The molecule has 130 valence electrons. The lowest BCUT2D eigenvalue weighted by molar-refractivity contribution is -0.184. The molecule has 0 saturated carbocycles. The number of hydrogen-bond acceptors (Lipinski definition) is 5. The van der Waals surface area contributed by atoms with Crippen molar-refractivity contribution in [2.24, 2.45) is 5.92 Å². The van der Waals surface area contributed by atoms with Crippen molar-refractivity contribution >= 4 is 11.9 Å². The van der Waals surface area contributed by atoms with Crippen molar-refractivity contribution in [2.45, 2.75) is 32.5 Å². The largest absolute Gasteiger partial charge is 0.438 e. The van der Waals surface area contributed by atoms with E-state index < -0.39 is 18.2 Å². The van der Waals surface area contributed by atoms with Crippen LogP contribution in [0.3, 0.4) is 0 Å². The molecular weight excluding hydrogens is 318 g/mol. The third-order valence-electron chi connectivity index (χ3n) is 4.44. The molecule has 2 aromatic rings. The zero-order valence-electron chi connectivity index (χ0n) is 14.3. The summed E-state index contributed by atoms with van der Waals surface area (Å²) in [4.78, 5) is 30.6. The van der Waals surface area contributed by atoms with E-state index in [0.29, 0.717) is 5.56 Å². The Labute approximate surface area is 147 Å². The van der Waals surface area contributed by atoms with Gasteiger partial charge in [-0.15, -0.1) is 0 Å². The highest BCUT2D eigenvalue weighted by Gasteiger charge is 2.48. The standard InChI is InChI=1S/C20H21NO4/c1-3-14(2)17-20(23)24-18(15-10-6-4-7-11-15)21(17)25-19(22)16-12-8-5-9-13-16/h4-14,17-18H,3H2,1-2H3. The molecule has 0 bridgehead atoms. The molecule has 0 spiro atoms. The van der Waals surface area contributed by atoms with Crippen LogP contribution < -0.4 is 0 Å². The van der Waals surface area contributed by atoms with Gasteiger partial charge >= 0.3 is 11.9 Å². The summed E-state index contributed by atoms with van der Waals surface area (Å²) in [7, 11) is 0. The Balaban J connectivity index is 1.90. The lowest BCUT2D eigenvalue weighted by Gasteiger charge is -2.27. The highest BCUT2D eigenvalue weighted by molar-refractivity contribution is 5.89. The number of cyclic esters (lactones) is 1. The van der Waals surface area contributed by atoms with Crippen LogP contribution in [0.2, 0.25) is 0 Å². The minimum atomic E-state index is -0.736. The summed E-state index contributed by atoms with van der Waals surface area (Å²) in [6, 6.07) is 17.4. The zero-order valence-corrected chi connectivity index (χ0v) is 14.3. The molecule has 5 heteroatoms. The van der Waals surface area contributed by atoms with Gasteiger partial charge in [-0.05, 0) is 18.1 Å². The van der Waals surface area contributed by atoms with Gasteiger partial charge in [-0.2, -0.15) is 0 Å². The van der Waals surface area contributed by atoms with Crippen LogP contribution in [0.25, 0.3) is 0 Å². The van der Waals surface area contributed by atoms with E-state index in [9.17, 15) is 9.59 Å². The topological polar surface area (TPSA) is 55.8 Å². The first-order chi connectivity index (χ1) is 12.1. The molecule has 0 aliphatic carbocycles. The Morgan fingerprint density at radius 3 is 2.32 bits per heavy atom. The van der Waals surface area contributed by atoms with Crippen molar-refractivity contribution in [1.82, 2.24) is 5.06 Å². The third kappa shape index (κ3) is 3.56. The van der Waals surface area contributed by atoms with E-state index in [1.807, 2.05) is 50.2 Å². The Morgan fingerprint density at radius 2 is 1.72 bits per heavy atom. The summed E-state index contributed by atoms with van der Waals surface area (Å²) < 4.78 is 5.54. The minimum absolute atomic E-state index is 0.00946. The molecule has 0 amide bonds. The Bertz CT molecular complexity index is 732. The number of hydroxylamine groups is 2.